The van der Waals surface area contributed by atoms with Gasteiger partial charge in [0.05, 0.1) is 11.1 Å². The van der Waals surface area contributed by atoms with E-state index in [1.807, 2.05) is 30.3 Å². The van der Waals surface area contributed by atoms with Crippen molar-refractivity contribution in [2.45, 2.75) is 4.90 Å². The molecule has 5 rings (SSSR count). The summed E-state index contributed by atoms with van der Waals surface area (Å²) in [5, 5.41) is 9.91. The number of carbonyl (C=O) groups is 1. The molecule has 4 aromatic rings. The van der Waals surface area contributed by atoms with E-state index in [1.165, 1.54) is 18.3 Å². The first-order valence-electron chi connectivity index (χ1n) is 9.87. The van der Waals surface area contributed by atoms with E-state index < -0.39 is 15.9 Å². The largest absolute Gasteiger partial charge is 0.454 e. The SMILES string of the molecule is NS(=O)(=O)c1ccc2[nH]c(C(=O)N/N=C/c3ccc4c(c3)OCO4)c(-c3ccccc3)c2c1. The van der Waals surface area contributed by atoms with E-state index in [4.69, 9.17) is 14.6 Å². The van der Waals surface area contributed by atoms with Gasteiger partial charge in [-0.1, -0.05) is 30.3 Å². The van der Waals surface area contributed by atoms with Gasteiger partial charge < -0.3 is 14.5 Å². The number of sulfonamides is 1. The molecule has 9 nitrogen and oxygen atoms in total. The Kier molecular flexibility index (Phi) is 5.08. The van der Waals surface area contributed by atoms with Gasteiger partial charge in [-0.25, -0.2) is 19.0 Å². The lowest BCUT2D eigenvalue weighted by molar-refractivity contribution is 0.0951. The van der Waals surface area contributed by atoms with Crippen LogP contribution in [0.1, 0.15) is 16.1 Å². The average Bonchev–Trinajstić information content (AvgIpc) is 3.42. The first-order valence-corrected chi connectivity index (χ1v) is 11.4. The van der Waals surface area contributed by atoms with Crippen molar-refractivity contribution in [2.75, 3.05) is 6.79 Å². The molecule has 0 radical (unpaired) electrons. The molecule has 0 saturated carbocycles. The van der Waals surface area contributed by atoms with Crippen LogP contribution in [0.3, 0.4) is 0 Å². The second-order valence-corrected chi connectivity index (χ2v) is 8.87. The summed E-state index contributed by atoms with van der Waals surface area (Å²) in [7, 11) is -3.91. The molecule has 1 aliphatic heterocycles. The normalized spacial score (nSPS) is 13.0. The van der Waals surface area contributed by atoms with Gasteiger partial charge in [-0.15, -0.1) is 0 Å². The second-order valence-electron chi connectivity index (χ2n) is 7.31. The molecule has 0 atom stereocenters. The van der Waals surface area contributed by atoms with Crippen LogP contribution in [0.5, 0.6) is 11.5 Å². The number of primary sulfonamides is 1. The molecule has 0 fully saturated rings. The van der Waals surface area contributed by atoms with Crippen LogP contribution in [0.4, 0.5) is 0 Å². The van der Waals surface area contributed by atoms with Gasteiger partial charge in [0, 0.05) is 16.5 Å². The summed E-state index contributed by atoms with van der Waals surface area (Å²) in [6, 6.07) is 18.9. The minimum atomic E-state index is -3.91. The van der Waals surface area contributed by atoms with Crippen LogP contribution in [-0.2, 0) is 10.0 Å². The van der Waals surface area contributed by atoms with Gasteiger partial charge in [-0.2, -0.15) is 5.10 Å². The van der Waals surface area contributed by atoms with Crippen LogP contribution in [0.15, 0.2) is 76.7 Å². The van der Waals surface area contributed by atoms with Crippen LogP contribution in [0.25, 0.3) is 22.0 Å². The first kappa shape index (κ1) is 20.7. The third-order valence-electron chi connectivity index (χ3n) is 5.16. The van der Waals surface area contributed by atoms with E-state index in [2.05, 4.69) is 15.5 Å². The van der Waals surface area contributed by atoms with E-state index in [-0.39, 0.29) is 17.4 Å². The topological polar surface area (TPSA) is 136 Å². The van der Waals surface area contributed by atoms with Gasteiger partial charge in [0.25, 0.3) is 5.91 Å². The number of amides is 1. The molecule has 1 amide bonds. The Balaban J connectivity index is 1.50. The van der Waals surface area contributed by atoms with E-state index in [9.17, 15) is 13.2 Å². The van der Waals surface area contributed by atoms with Crippen molar-refractivity contribution in [1.82, 2.24) is 10.4 Å². The number of fused-ring (bicyclic) bond motifs is 2. The Morgan fingerprint density at radius 2 is 1.82 bits per heavy atom. The van der Waals surface area contributed by atoms with Crippen molar-refractivity contribution in [3.63, 3.8) is 0 Å². The molecule has 33 heavy (non-hydrogen) atoms. The standard InChI is InChI=1S/C23H18N4O5S/c24-33(29,30)16-7-8-18-17(11-16)21(15-4-2-1-3-5-15)22(26-18)23(28)27-25-12-14-6-9-19-20(10-14)32-13-31-19/h1-12,26H,13H2,(H,27,28)(H2,24,29,30)/b25-12+. The maximum absolute atomic E-state index is 13.0. The Hall–Kier alpha value is -4.15. The summed E-state index contributed by atoms with van der Waals surface area (Å²) in [6.45, 7) is 0.169. The molecule has 1 aromatic heterocycles. The quantitative estimate of drug-likeness (QED) is 0.309. The second kappa shape index (κ2) is 8.08. The molecule has 1 aliphatic rings. The van der Waals surface area contributed by atoms with Crippen LogP contribution >= 0.6 is 0 Å². The fourth-order valence-corrected chi connectivity index (χ4v) is 4.18. The Morgan fingerprint density at radius 1 is 1.03 bits per heavy atom. The van der Waals surface area contributed by atoms with Gasteiger partial charge >= 0.3 is 0 Å². The summed E-state index contributed by atoms with van der Waals surface area (Å²) >= 11 is 0. The number of nitrogens with zero attached hydrogens (tertiary/aromatic N) is 1. The predicted molar refractivity (Wildman–Crippen MR) is 123 cm³/mol. The zero-order valence-corrected chi connectivity index (χ0v) is 17.9. The molecule has 0 spiro atoms. The van der Waals surface area contributed by atoms with Crippen LogP contribution < -0.4 is 20.0 Å². The summed E-state index contributed by atoms with van der Waals surface area (Å²) in [4.78, 5) is 16.0. The van der Waals surface area contributed by atoms with Gasteiger partial charge in [0.1, 0.15) is 5.69 Å². The fraction of sp³-hybridized carbons (Fsp3) is 0.0435. The number of aromatic amines is 1. The number of rotatable bonds is 5. The smallest absolute Gasteiger partial charge is 0.288 e. The molecule has 0 saturated heterocycles. The lowest BCUT2D eigenvalue weighted by Gasteiger charge is -2.05. The molecule has 0 aliphatic carbocycles. The monoisotopic (exact) mass is 462 g/mol. The maximum atomic E-state index is 13.0. The van der Waals surface area contributed by atoms with E-state index in [0.717, 1.165) is 11.1 Å². The number of H-pyrrole nitrogens is 1. The molecular weight excluding hydrogens is 444 g/mol. The van der Waals surface area contributed by atoms with Gasteiger partial charge in [-0.05, 0) is 47.5 Å². The summed E-state index contributed by atoms with van der Waals surface area (Å²) in [6.07, 6.45) is 1.49. The zero-order chi connectivity index (χ0) is 23.0. The number of nitrogens with one attached hydrogen (secondary N) is 2. The van der Waals surface area contributed by atoms with E-state index in [1.54, 1.807) is 24.3 Å². The van der Waals surface area contributed by atoms with Crippen LogP contribution in [-0.4, -0.2) is 32.3 Å². The van der Waals surface area contributed by atoms with Crippen molar-refractivity contribution in [1.29, 1.82) is 0 Å². The minimum Gasteiger partial charge on any atom is -0.454 e. The number of ether oxygens (including phenoxy) is 2. The molecule has 3 aromatic carbocycles. The Bertz CT molecular complexity index is 1510. The molecule has 166 valence electrons. The third-order valence-corrected chi connectivity index (χ3v) is 6.08. The summed E-state index contributed by atoms with van der Waals surface area (Å²) < 4.78 is 34.3. The lowest BCUT2D eigenvalue weighted by atomic mass is 10.0. The average molecular weight is 462 g/mol. The summed E-state index contributed by atoms with van der Waals surface area (Å²) in [5.74, 6) is 0.776. The fourth-order valence-electron chi connectivity index (χ4n) is 3.64. The van der Waals surface area contributed by atoms with Gasteiger partial charge in [0.2, 0.25) is 16.8 Å². The van der Waals surface area contributed by atoms with Crippen molar-refractivity contribution >= 4 is 33.0 Å². The highest BCUT2D eigenvalue weighted by Gasteiger charge is 2.21. The highest BCUT2D eigenvalue weighted by molar-refractivity contribution is 7.89. The Morgan fingerprint density at radius 3 is 2.61 bits per heavy atom. The molecule has 0 bridgehead atoms. The van der Waals surface area contributed by atoms with Gasteiger partial charge in [-0.3, -0.25) is 4.79 Å². The maximum Gasteiger partial charge on any atom is 0.288 e. The highest BCUT2D eigenvalue weighted by atomic mass is 32.2. The van der Waals surface area contributed by atoms with Crippen molar-refractivity contribution < 1.29 is 22.7 Å². The van der Waals surface area contributed by atoms with Gasteiger partial charge in [0.15, 0.2) is 11.5 Å². The number of hydrogen-bond donors (Lipinski definition) is 3. The molecule has 0 unspecified atom stereocenters. The lowest BCUT2D eigenvalue weighted by Crippen LogP contribution is -2.18. The highest BCUT2D eigenvalue weighted by Crippen LogP contribution is 2.34. The number of hydrazone groups is 1. The van der Waals surface area contributed by atoms with Crippen molar-refractivity contribution in [3.05, 3.63) is 78.0 Å². The molecular formula is C23H18N4O5S. The molecule has 4 N–H and O–H groups in total. The zero-order valence-electron chi connectivity index (χ0n) is 17.1. The predicted octanol–water partition coefficient (Wildman–Crippen LogP) is 2.97. The number of nitrogens with two attached hydrogens (primary N) is 1. The van der Waals surface area contributed by atoms with Crippen molar-refractivity contribution in [2.24, 2.45) is 10.2 Å². The molecule has 2 heterocycles. The summed E-state index contributed by atoms with van der Waals surface area (Å²) in [5.41, 5.74) is 5.35. The Labute approximate surface area is 188 Å². The third kappa shape index (κ3) is 4.04. The molecule has 10 heteroatoms. The van der Waals surface area contributed by atoms with E-state index in [0.29, 0.717) is 28.0 Å². The number of carbonyl (C=O) groups excluding carboxylic acids is 1. The number of benzene rings is 3. The number of aromatic nitrogens is 1. The van der Waals surface area contributed by atoms with Crippen LogP contribution in [0.2, 0.25) is 0 Å². The van der Waals surface area contributed by atoms with Crippen LogP contribution in [0, 0.1) is 0 Å². The first-order chi connectivity index (χ1) is 15.9. The van der Waals surface area contributed by atoms with Crippen molar-refractivity contribution in [3.8, 4) is 22.6 Å². The van der Waals surface area contributed by atoms with E-state index >= 15 is 0 Å². The minimum absolute atomic E-state index is 0.0426. The number of hydrogen-bond acceptors (Lipinski definition) is 6.